The van der Waals surface area contributed by atoms with E-state index >= 15 is 0 Å². The summed E-state index contributed by atoms with van der Waals surface area (Å²) >= 11 is 0.917. The number of carbonyl (C=O) groups excluding carboxylic acids is 1. The molecule has 0 unspecified atom stereocenters. The molecule has 14 nitrogen and oxygen atoms in total. The number of rotatable bonds is 15. The number of carbonyl (C=O) groups is 2. The number of alkyl halides is 1. The Hall–Kier alpha value is -4.19. The van der Waals surface area contributed by atoms with Gasteiger partial charge in [0.05, 0.1) is 29.6 Å². The molecule has 0 aliphatic rings. The highest BCUT2D eigenvalue weighted by atomic mass is 32.2. The zero-order valence-corrected chi connectivity index (χ0v) is 22.9. The number of benzene rings is 2. The number of carboxylic acid groups (broad SMARTS) is 1. The van der Waals surface area contributed by atoms with Crippen LogP contribution in [0.4, 0.5) is 4.39 Å². The molecule has 0 fully saturated rings. The van der Waals surface area contributed by atoms with Gasteiger partial charge in [-0.25, -0.2) is 32.4 Å². The van der Waals surface area contributed by atoms with Gasteiger partial charge in [-0.05, 0) is 35.9 Å². The Morgan fingerprint density at radius 3 is 2.71 bits per heavy atom. The third-order valence-electron chi connectivity index (χ3n) is 5.29. The number of hydrogen-bond donors (Lipinski definition) is 3. The second-order valence-corrected chi connectivity index (χ2v) is 11.3. The topological polar surface area (TPSA) is 198 Å². The van der Waals surface area contributed by atoms with E-state index in [1.54, 1.807) is 42.5 Å². The predicted molar refractivity (Wildman–Crippen MR) is 142 cm³/mol. The van der Waals surface area contributed by atoms with Crippen LogP contribution in [0.1, 0.15) is 11.3 Å². The molecule has 0 spiro atoms. The van der Waals surface area contributed by atoms with Gasteiger partial charge in [-0.1, -0.05) is 17.3 Å². The number of aromatic nitrogens is 4. The van der Waals surface area contributed by atoms with E-state index in [0.717, 1.165) is 11.3 Å². The number of hydrogen-bond acceptors (Lipinski definition) is 11. The summed E-state index contributed by atoms with van der Waals surface area (Å²) in [5.41, 5.74) is 1.54. The van der Waals surface area contributed by atoms with Crippen LogP contribution in [-0.2, 0) is 44.1 Å². The van der Waals surface area contributed by atoms with Crippen molar-refractivity contribution in [1.82, 2.24) is 25.3 Å². The number of ether oxygens (including phenoxy) is 3. The maximum Gasteiger partial charge on any atom is 0.328 e. The summed E-state index contributed by atoms with van der Waals surface area (Å²) < 4.78 is 53.2. The molecule has 0 saturated heterocycles. The van der Waals surface area contributed by atoms with Crippen LogP contribution in [0.3, 0.4) is 0 Å². The van der Waals surface area contributed by atoms with Crippen LogP contribution in [0.2, 0.25) is 0 Å². The Kier molecular flexibility index (Phi) is 9.77. The normalized spacial score (nSPS) is 12.2. The maximum absolute atomic E-state index is 12.4. The van der Waals surface area contributed by atoms with Crippen molar-refractivity contribution in [3.05, 3.63) is 59.9 Å². The van der Waals surface area contributed by atoms with Gasteiger partial charge >= 0.3 is 5.97 Å². The highest BCUT2D eigenvalue weighted by Crippen LogP contribution is 2.28. The predicted octanol–water partition coefficient (Wildman–Crippen LogP) is 1.25. The Morgan fingerprint density at radius 1 is 1.15 bits per heavy atom. The van der Waals surface area contributed by atoms with E-state index in [4.69, 9.17) is 19.3 Å². The molecule has 0 aliphatic carbocycles. The number of halogens is 1. The van der Waals surface area contributed by atoms with Gasteiger partial charge in [-0.3, -0.25) is 4.79 Å². The molecular formula is C24H25FN6O8S2. The molecule has 41 heavy (non-hydrogen) atoms. The first-order chi connectivity index (χ1) is 19.6. The van der Waals surface area contributed by atoms with Crippen LogP contribution in [0, 0.1) is 0 Å². The van der Waals surface area contributed by atoms with E-state index in [1.165, 1.54) is 10.9 Å². The van der Waals surface area contributed by atoms with Crippen LogP contribution in [0.15, 0.2) is 53.0 Å². The fourth-order valence-electron chi connectivity index (χ4n) is 3.47. The summed E-state index contributed by atoms with van der Waals surface area (Å²) in [7, 11) is -3.91. The summed E-state index contributed by atoms with van der Waals surface area (Å²) in [4.78, 5) is 28.0. The minimum Gasteiger partial charge on any atom is -0.491 e. The number of aliphatic carboxylic acids is 1. The third-order valence-corrected chi connectivity index (χ3v) is 7.63. The second kappa shape index (κ2) is 13.4. The second-order valence-electron chi connectivity index (χ2n) is 8.51. The molecule has 0 radical (unpaired) electrons. The lowest BCUT2D eigenvalue weighted by Gasteiger charge is -2.15. The fourth-order valence-corrected chi connectivity index (χ4v) is 5.16. The van der Waals surface area contributed by atoms with Crippen molar-refractivity contribution >= 4 is 43.5 Å². The van der Waals surface area contributed by atoms with Crippen LogP contribution < -0.4 is 19.9 Å². The summed E-state index contributed by atoms with van der Waals surface area (Å²) in [5, 5.41) is 24.8. The van der Waals surface area contributed by atoms with Crippen molar-refractivity contribution in [1.29, 1.82) is 0 Å². The number of nitrogens with one attached hydrogen (secondary N) is 1. The van der Waals surface area contributed by atoms with Crippen LogP contribution in [0.25, 0.3) is 10.2 Å². The van der Waals surface area contributed by atoms with Gasteiger partial charge in [0, 0.05) is 0 Å². The molecule has 1 atom stereocenters. The summed E-state index contributed by atoms with van der Waals surface area (Å²) in [5.74, 6) is -1.01. The van der Waals surface area contributed by atoms with E-state index in [-0.39, 0.29) is 37.3 Å². The summed E-state index contributed by atoms with van der Waals surface area (Å²) in [6.07, 6.45) is 1.47. The first kappa shape index (κ1) is 29.8. The van der Waals surface area contributed by atoms with Gasteiger partial charge in [0.1, 0.15) is 43.6 Å². The van der Waals surface area contributed by atoms with Gasteiger partial charge in [0.25, 0.3) is 10.0 Å². The number of thiazole rings is 1. The number of primary sulfonamides is 1. The Bertz CT molecular complexity index is 1630. The SMILES string of the molecule is NS(=O)(=O)c1nc2ccc(OCc3cn(CC(=O)N[C@@H](COCc4cccc(OCC[18F])c4)C(=O)O)nn3)cc2s1. The molecule has 0 aliphatic heterocycles. The molecular weight excluding hydrogens is 582 g/mol. The largest absolute Gasteiger partial charge is 0.491 e. The Balaban J connectivity index is 1.25. The zero-order valence-electron chi connectivity index (χ0n) is 21.3. The first-order valence-electron chi connectivity index (χ1n) is 11.9. The maximum atomic E-state index is 12.4. The van der Waals surface area contributed by atoms with Gasteiger partial charge in [0.2, 0.25) is 10.2 Å². The van der Waals surface area contributed by atoms with Gasteiger partial charge in [-0.15, -0.1) is 16.4 Å². The van der Waals surface area contributed by atoms with Crippen molar-refractivity contribution in [2.75, 3.05) is 19.9 Å². The standard InChI is InChI=1S/C24H25FN6O8S2/c25-6-7-38-17-3-1-2-15(8-17)12-37-14-20(23(33)34)27-22(32)11-31-10-16(29-30-31)13-39-18-4-5-19-21(9-18)40-24(28-19)41(26,35)36/h1-5,8-10,20H,6-7,11-14H2,(H,27,32)(H,33,34)(H2,26,35,36)/t20-/m0/s1/i25-1. The lowest BCUT2D eigenvalue weighted by molar-refractivity contribution is -0.144. The average molecular weight is 608 g/mol. The lowest BCUT2D eigenvalue weighted by atomic mass is 10.2. The van der Waals surface area contributed by atoms with E-state index < -0.39 is 34.6 Å². The molecule has 218 valence electrons. The van der Waals surface area contributed by atoms with Crippen molar-refractivity contribution < 1.29 is 41.7 Å². The van der Waals surface area contributed by atoms with Crippen LogP contribution in [-0.4, -0.2) is 71.3 Å². The summed E-state index contributed by atoms with van der Waals surface area (Å²) in [6, 6.07) is 10.3. The monoisotopic (exact) mass is 607 g/mol. The van der Waals surface area contributed by atoms with Crippen LogP contribution >= 0.6 is 11.3 Å². The number of nitrogens with two attached hydrogens (primary N) is 1. The average Bonchev–Trinajstić information content (AvgIpc) is 3.57. The number of amides is 1. The zero-order chi connectivity index (χ0) is 29.4. The van der Waals surface area contributed by atoms with Crippen molar-refractivity contribution in [2.24, 2.45) is 5.14 Å². The Morgan fingerprint density at radius 2 is 1.95 bits per heavy atom. The number of sulfonamides is 1. The van der Waals surface area contributed by atoms with Crippen molar-refractivity contribution in [2.45, 2.75) is 30.1 Å². The minimum absolute atomic E-state index is 0.000414. The highest BCUT2D eigenvalue weighted by molar-refractivity contribution is 7.91. The van der Waals surface area contributed by atoms with Crippen molar-refractivity contribution in [3.8, 4) is 11.5 Å². The highest BCUT2D eigenvalue weighted by Gasteiger charge is 2.21. The quantitative estimate of drug-likeness (QED) is 0.176. The first-order valence-corrected chi connectivity index (χ1v) is 14.3. The molecule has 2 aromatic heterocycles. The molecule has 2 aromatic carbocycles. The summed E-state index contributed by atoms with van der Waals surface area (Å²) in [6.45, 7) is -1.23. The van der Waals surface area contributed by atoms with Gasteiger partial charge < -0.3 is 24.6 Å². The van der Waals surface area contributed by atoms with Crippen LogP contribution in [0.5, 0.6) is 11.5 Å². The smallest absolute Gasteiger partial charge is 0.328 e. The number of nitrogens with zero attached hydrogens (tertiary/aromatic N) is 4. The third kappa shape index (κ3) is 8.65. The van der Waals surface area contributed by atoms with E-state index in [1.807, 2.05) is 0 Å². The molecule has 4 rings (SSSR count). The Labute approximate surface area is 236 Å². The molecule has 2 heterocycles. The van der Waals surface area contributed by atoms with E-state index in [9.17, 15) is 27.5 Å². The minimum atomic E-state index is -3.91. The van der Waals surface area contributed by atoms with Gasteiger partial charge in [0.15, 0.2) is 6.04 Å². The molecule has 17 heteroatoms. The molecule has 4 N–H and O–H groups in total. The molecule has 1 amide bonds. The van der Waals surface area contributed by atoms with Crippen molar-refractivity contribution in [3.63, 3.8) is 0 Å². The lowest BCUT2D eigenvalue weighted by Crippen LogP contribution is -2.45. The molecule has 0 saturated carbocycles. The van der Waals surface area contributed by atoms with E-state index in [2.05, 4.69) is 20.6 Å². The number of carboxylic acids is 1. The number of fused-ring (bicyclic) bond motifs is 1. The molecule has 4 aromatic rings. The fraction of sp³-hybridized carbons (Fsp3) is 0.292. The van der Waals surface area contributed by atoms with Gasteiger partial charge in [-0.2, -0.15) is 0 Å². The van der Waals surface area contributed by atoms with E-state index in [0.29, 0.717) is 33.0 Å². The molecule has 0 bridgehead atoms.